The van der Waals surface area contributed by atoms with Gasteiger partial charge in [0.25, 0.3) is 6.47 Å². The van der Waals surface area contributed by atoms with Gasteiger partial charge in [-0.1, -0.05) is 12.1 Å². The molecule has 1 unspecified atom stereocenters. The molecule has 1 aromatic heterocycles. The van der Waals surface area contributed by atoms with E-state index in [1.807, 2.05) is 46.3 Å². The smallest absolute Gasteiger partial charge is 0.290 e. The second-order valence-corrected chi connectivity index (χ2v) is 12.3. The monoisotopic (exact) mass is 675 g/mol. The predicted octanol–water partition coefficient (Wildman–Crippen LogP) is 4.03. The fourth-order valence-electron chi connectivity index (χ4n) is 6.66. The van der Waals surface area contributed by atoms with Crippen molar-refractivity contribution in [2.75, 3.05) is 58.4 Å². The van der Waals surface area contributed by atoms with Crippen molar-refractivity contribution in [2.24, 2.45) is 5.92 Å². The number of carbonyl (C=O) groups is 4. The van der Waals surface area contributed by atoms with Crippen LogP contribution in [0.15, 0.2) is 54.9 Å². The molecule has 2 aromatic carbocycles. The number of hydrogen-bond donors (Lipinski definition) is 2. The minimum Gasteiger partial charge on any atom is -0.497 e. The lowest BCUT2D eigenvalue weighted by atomic mass is 9.89. The van der Waals surface area contributed by atoms with Crippen molar-refractivity contribution in [1.82, 2.24) is 19.4 Å². The Morgan fingerprint density at radius 2 is 1.69 bits per heavy atom. The maximum absolute atomic E-state index is 14.2. The maximum Gasteiger partial charge on any atom is 0.290 e. The molecule has 1 atom stereocenters. The number of rotatable bonds is 3. The number of nitrogens with one attached hydrogen (secondary N) is 1. The molecule has 1 saturated heterocycles. The Hall–Kier alpha value is -4.91. The van der Waals surface area contributed by atoms with Crippen molar-refractivity contribution in [2.45, 2.75) is 51.0 Å². The van der Waals surface area contributed by atoms with Crippen LogP contribution in [0, 0.1) is 5.92 Å². The van der Waals surface area contributed by atoms with Crippen molar-refractivity contribution in [1.29, 1.82) is 0 Å². The molecule has 262 valence electrons. The molecule has 3 aromatic rings. The van der Waals surface area contributed by atoms with Crippen molar-refractivity contribution in [3.63, 3.8) is 0 Å². The SMILES string of the molecule is COc1ccc2c(c1)C(C(=O)N1CCCCN(C(=O)C3CCOCC3)CCOc3cccc(c3)-c3nccn3CCC1)CC(=O)N2.O=CO. The van der Waals surface area contributed by atoms with Crippen LogP contribution in [-0.2, 0) is 30.5 Å². The number of hydrogen-bond acceptors (Lipinski definition) is 8. The van der Waals surface area contributed by atoms with Gasteiger partial charge in [0.2, 0.25) is 17.7 Å². The molecule has 0 radical (unpaired) electrons. The molecule has 3 aliphatic heterocycles. The average molecular weight is 676 g/mol. The Morgan fingerprint density at radius 1 is 0.959 bits per heavy atom. The summed E-state index contributed by atoms with van der Waals surface area (Å²) in [5.74, 6) is 1.48. The number of carbonyl (C=O) groups excluding carboxylic acids is 3. The number of amides is 3. The molecule has 4 heterocycles. The van der Waals surface area contributed by atoms with E-state index >= 15 is 0 Å². The molecule has 3 amide bonds. The molecule has 2 bridgehead atoms. The molecule has 0 saturated carbocycles. The van der Waals surface area contributed by atoms with Gasteiger partial charge in [0, 0.05) is 75.4 Å². The number of nitrogens with zero attached hydrogens (tertiary/aromatic N) is 4. The lowest BCUT2D eigenvalue weighted by Gasteiger charge is -2.32. The van der Waals surface area contributed by atoms with Crippen molar-refractivity contribution >= 4 is 29.9 Å². The Labute approximate surface area is 286 Å². The molecule has 2 N–H and O–H groups in total. The number of methoxy groups -OCH3 is 1. The number of ether oxygens (including phenoxy) is 3. The lowest BCUT2D eigenvalue weighted by Crippen LogP contribution is -2.42. The van der Waals surface area contributed by atoms with E-state index < -0.39 is 5.92 Å². The molecule has 13 heteroatoms. The number of benzene rings is 2. The number of anilines is 1. The summed E-state index contributed by atoms with van der Waals surface area (Å²) in [6.07, 6.45) is 7.48. The number of aromatic nitrogens is 2. The van der Waals surface area contributed by atoms with Crippen LogP contribution in [0.3, 0.4) is 0 Å². The zero-order chi connectivity index (χ0) is 34.6. The summed E-state index contributed by atoms with van der Waals surface area (Å²) >= 11 is 0. The summed E-state index contributed by atoms with van der Waals surface area (Å²) in [5.41, 5.74) is 2.36. The van der Waals surface area contributed by atoms with Crippen LogP contribution in [0.2, 0.25) is 0 Å². The summed E-state index contributed by atoms with van der Waals surface area (Å²) in [5, 5.41) is 9.79. The number of carboxylic acid groups (broad SMARTS) is 1. The van der Waals surface area contributed by atoms with Gasteiger partial charge in [0.1, 0.15) is 23.9 Å². The molecular formula is C36H45N5O8. The van der Waals surface area contributed by atoms with E-state index in [0.29, 0.717) is 70.4 Å². The summed E-state index contributed by atoms with van der Waals surface area (Å²) in [7, 11) is 1.59. The number of aryl methyl sites for hydroxylation is 1. The quantitative estimate of drug-likeness (QED) is 0.392. The first kappa shape index (κ1) is 35.4. The van der Waals surface area contributed by atoms with Gasteiger partial charge < -0.3 is 39.0 Å². The second kappa shape index (κ2) is 17.5. The van der Waals surface area contributed by atoms with Gasteiger partial charge in [0.15, 0.2) is 0 Å². The minimum absolute atomic E-state index is 0.0439. The van der Waals surface area contributed by atoms with Gasteiger partial charge in [-0.25, -0.2) is 4.98 Å². The molecule has 49 heavy (non-hydrogen) atoms. The van der Waals surface area contributed by atoms with E-state index in [2.05, 4.69) is 14.9 Å². The van der Waals surface area contributed by atoms with E-state index in [9.17, 15) is 14.4 Å². The fraction of sp³-hybridized carbons (Fsp3) is 0.472. The van der Waals surface area contributed by atoms with Crippen LogP contribution in [0.4, 0.5) is 5.69 Å². The Morgan fingerprint density at radius 3 is 2.45 bits per heavy atom. The fourth-order valence-corrected chi connectivity index (χ4v) is 6.66. The van der Waals surface area contributed by atoms with E-state index in [1.165, 1.54) is 0 Å². The van der Waals surface area contributed by atoms with Gasteiger partial charge in [-0.05, 0) is 68.0 Å². The first-order valence-electron chi connectivity index (χ1n) is 16.9. The Bertz CT molecular complexity index is 1590. The molecule has 0 aliphatic carbocycles. The maximum atomic E-state index is 14.2. The zero-order valence-corrected chi connectivity index (χ0v) is 27.9. The van der Waals surface area contributed by atoms with Gasteiger partial charge in [0.05, 0.1) is 19.6 Å². The standard InChI is InChI=1S/C35H43N5O6.CH2O2/c1-44-27-8-9-31-29(23-27)30(24-32(41)37-31)35(43)39-13-2-3-14-40(34(42)25-10-19-45-20-11-25)18-21-46-28-7-4-6-26(22-28)33-36-12-17-38(33)15-5-16-39;2-1-3/h4,6-9,12,17,22-23,25,30H,2-3,5,10-11,13-16,18-21,24H2,1H3,(H,37,41);1H,(H,2,3). The topological polar surface area (TPSA) is 153 Å². The first-order chi connectivity index (χ1) is 23.9. The average Bonchev–Trinajstić information content (AvgIpc) is 3.60. The van der Waals surface area contributed by atoms with Gasteiger partial charge in [-0.2, -0.15) is 0 Å². The molecule has 6 rings (SSSR count). The highest BCUT2D eigenvalue weighted by atomic mass is 16.5. The van der Waals surface area contributed by atoms with Crippen molar-refractivity contribution < 1.29 is 38.5 Å². The van der Waals surface area contributed by atoms with Gasteiger partial charge in [-0.15, -0.1) is 0 Å². The lowest BCUT2D eigenvalue weighted by molar-refractivity contribution is -0.139. The molecule has 13 nitrogen and oxygen atoms in total. The molecule has 3 aliphatic rings. The van der Waals surface area contributed by atoms with Crippen LogP contribution in [-0.4, -0.2) is 102 Å². The van der Waals surface area contributed by atoms with Gasteiger partial charge in [-0.3, -0.25) is 19.2 Å². The molecule has 0 spiro atoms. The van der Waals surface area contributed by atoms with Crippen LogP contribution < -0.4 is 14.8 Å². The largest absolute Gasteiger partial charge is 0.497 e. The predicted molar refractivity (Wildman–Crippen MR) is 181 cm³/mol. The van der Waals surface area contributed by atoms with E-state index in [1.54, 1.807) is 25.4 Å². The normalized spacial score (nSPS) is 19.0. The summed E-state index contributed by atoms with van der Waals surface area (Å²) in [4.78, 5) is 57.3. The Balaban J connectivity index is 0.00000151. The number of fused-ring (bicyclic) bond motifs is 5. The number of imidazole rings is 1. The second-order valence-electron chi connectivity index (χ2n) is 12.3. The Kier molecular flexibility index (Phi) is 12.6. The summed E-state index contributed by atoms with van der Waals surface area (Å²) in [6.45, 7) is 4.14. The molecule has 1 fully saturated rings. The third kappa shape index (κ3) is 9.17. The van der Waals surface area contributed by atoms with Crippen LogP contribution in [0.25, 0.3) is 11.4 Å². The third-order valence-corrected chi connectivity index (χ3v) is 9.16. The highest BCUT2D eigenvalue weighted by Gasteiger charge is 2.34. The van der Waals surface area contributed by atoms with E-state index in [0.717, 1.165) is 48.4 Å². The van der Waals surface area contributed by atoms with Crippen LogP contribution >= 0.6 is 0 Å². The highest BCUT2D eigenvalue weighted by molar-refractivity contribution is 6.01. The van der Waals surface area contributed by atoms with E-state index in [4.69, 9.17) is 24.1 Å². The van der Waals surface area contributed by atoms with Gasteiger partial charge >= 0.3 is 0 Å². The van der Waals surface area contributed by atoms with Crippen LogP contribution in [0.5, 0.6) is 11.5 Å². The first-order valence-corrected chi connectivity index (χ1v) is 16.9. The minimum atomic E-state index is -0.594. The van der Waals surface area contributed by atoms with Crippen molar-refractivity contribution in [3.8, 4) is 22.9 Å². The zero-order valence-electron chi connectivity index (χ0n) is 27.9. The third-order valence-electron chi connectivity index (χ3n) is 9.16. The van der Waals surface area contributed by atoms with Crippen molar-refractivity contribution in [3.05, 3.63) is 60.4 Å². The summed E-state index contributed by atoms with van der Waals surface area (Å²) < 4.78 is 19.2. The van der Waals surface area contributed by atoms with E-state index in [-0.39, 0.29) is 36.5 Å². The van der Waals surface area contributed by atoms with Crippen LogP contribution in [0.1, 0.15) is 50.0 Å². The summed E-state index contributed by atoms with van der Waals surface area (Å²) in [6, 6.07) is 13.3. The highest BCUT2D eigenvalue weighted by Crippen LogP contribution is 2.36. The molecular weight excluding hydrogens is 630 g/mol.